The summed E-state index contributed by atoms with van der Waals surface area (Å²) in [6.45, 7) is 4.16. The summed E-state index contributed by atoms with van der Waals surface area (Å²) in [6.07, 6.45) is 0.210. The first-order valence-corrected chi connectivity index (χ1v) is 5.64. The van der Waals surface area contributed by atoms with E-state index in [0.29, 0.717) is 6.42 Å². The Balaban J connectivity index is 4.77. The van der Waals surface area contributed by atoms with Gasteiger partial charge in [0.25, 0.3) is 0 Å². The van der Waals surface area contributed by atoms with Crippen LogP contribution in [0.2, 0.25) is 0 Å². The molecule has 0 aliphatic heterocycles. The third-order valence-electron chi connectivity index (χ3n) is 2.40. The van der Waals surface area contributed by atoms with Gasteiger partial charge in [-0.3, -0.25) is 4.79 Å². The highest BCUT2D eigenvalue weighted by Gasteiger charge is 2.40. The van der Waals surface area contributed by atoms with Crippen LogP contribution in [0.1, 0.15) is 41.4 Å². The van der Waals surface area contributed by atoms with Crippen LogP contribution in [-0.4, -0.2) is 36.3 Å². The van der Waals surface area contributed by atoms with Crippen LogP contribution in [0.15, 0.2) is 0 Å². The topological polar surface area (TPSA) is 72.8 Å². The van der Waals surface area contributed by atoms with Gasteiger partial charge in [-0.2, -0.15) is 0 Å². The lowest BCUT2D eigenvalue weighted by Crippen LogP contribution is -2.42. The highest BCUT2D eigenvalue weighted by Crippen LogP contribution is 2.23. The number of carbonyl (C=O) groups excluding carboxylic acids is 2. The minimum atomic E-state index is -1.91. The van der Waals surface area contributed by atoms with Crippen LogP contribution >= 0.6 is 0 Å². The third kappa shape index (κ3) is 5.68. The summed E-state index contributed by atoms with van der Waals surface area (Å²) in [5.41, 5.74) is -1.91. The van der Waals surface area contributed by atoms with Crippen molar-refractivity contribution in [1.29, 1.82) is 0 Å². The Bertz CT molecular complexity index is 290. The van der Waals surface area contributed by atoms with Crippen LogP contribution in [0.5, 0.6) is 0 Å². The van der Waals surface area contributed by atoms with E-state index in [2.05, 4.69) is 9.47 Å². The van der Waals surface area contributed by atoms with E-state index >= 15 is 0 Å². The van der Waals surface area contributed by atoms with Gasteiger partial charge in [0, 0.05) is 0 Å². The van der Waals surface area contributed by atoms with Crippen molar-refractivity contribution in [3.63, 3.8) is 0 Å². The number of aliphatic hydroxyl groups is 1. The number of esters is 2. The lowest BCUT2D eigenvalue weighted by molar-refractivity contribution is -0.172. The van der Waals surface area contributed by atoms with E-state index in [4.69, 9.17) is 1.37 Å². The molecule has 0 fully saturated rings. The second kappa shape index (κ2) is 7.27. The quantitative estimate of drug-likeness (QED) is 0.687. The Kier molecular flexibility index (Phi) is 5.97. The van der Waals surface area contributed by atoms with Crippen LogP contribution in [0.3, 0.4) is 0 Å². The Morgan fingerprint density at radius 1 is 1.47 bits per heavy atom. The van der Waals surface area contributed by atoms with Gasteiger partial charge in [-0.1, -0.05) is 13.8 Å². The molecule has 2 atom stereocenters. The van der Waals surface area contributed by atoms with Gasteiger partial charge in [-0.15, -0.1) is 0 Å². The highest BCUT2D eigenvalue weighted by molar-refractivity contribution is 5.85. The SMILES string of the molecule is [3H]C(C)OC(=O)C(O)(CCC(C)C)CC(=O)OC. The third-order valence-corrected chi connectivity index (χ3v) is 2.40. The molecule has 0 saturated carbocycles. The van der Waals surface area contributed by atoms with Crippen LogP contribution < -0.4 is 0 Å². The molecular formula is C12H22O5. The maximum absolute atomic E-state index is 11.7. The van der Waals surface area contributed by atoms with E-state index in [1.54, 1.807) is 0 Å². The fourth-order valence-electron chi connectivity index (χ4n) is 1.32. The monoisotopic (exact) mass is 248 g/mol. The zero-order valence-electron chi connectivity index (χ0n) is 11.9. The Labute approximate surface area is 104 Å². The molecule has 0 aromatic heterocycles. The second-order valence-electron chi connectivity index (χ2n) is 4.36. The largest absolute Gasteiger partial charge is 0.469 e. The molecule has 100 valence electrons. The summed E-state index contributed by atoms with van der Waals surface area (Å²) in [4.78, 5) is 23.0. The van der Waals surface area contributed by atoms with Crippen molar-refractivity contribution in [2.45, 2.75) is 45.6 Å². The van der Waals surface area contributed by atoms with Crippen molar-refractivity contribution >= 4 is 11.9 Å². The first-order chi connectivity index (χ1) is 8.21. The molecule has 5 nitrogen and oxygen atoms in total. The maximum atomic E-state index is 11.7. The Morgan fingerprint density at radius 2 is 2.06 bits per heavy atom. The second-order valence-corrected chi connectivity index (χ2v) is 4.36. The Morgan fingerprint density at radius 3 is 2.47 bits per heavy atom. The molecule has 0 aromatic rings. The van der Waals surface area contributed by atoms with E-state index in [1.807, 2.05) is 13.8 Å². The van der Waals surface area contributed by atoms with Crippen molar-refractivity contribution in [2.24, 2.45) is 5.92 Å². The number of rotatable bonds is 7. The molecule has 0 bridgehead atoms. The first kappa shape index (κ1) is 14.0. The average Bonchev–Trinajstić information content (AvgIpc) is 2.25. The summed E-state index contributed by atoms with van der Waals surface area (Å²) in [7, 11) is 1.18. The Hall–Kier alpha value is -1.10. The molecule has 2 unspecified atom stereocenters. The van der Waals surface area contributed by atoms with Crippen LogP contribution in [0, 0.1) is 5.92 Å². The molecule has 0 aromatic carbocycles. The predicted molar refractivity (Wildman–Crippen MR) is 62.3 cm³/mol. The predicted octanol–water partition coefficient (Wildman–Crippen LogP) is 1.28. The molecule has 0 spiro atoms. The zero-order chi connectivity index (χ0) is 14.3. The van der Waals surface area contributed by atoms with Crippen LogP contribution in [-0.2, 0) is 19.1 Å². The van der Waals surface area contributed by atoms with E-state index < -0.39 is 30.5 Å². The van der Waals surface area contributed by atoms with Gasteiger partial charge in [0.1, 0.15) is 0 Å². The van der Waals surface area contributed by atoms with E-state index in [1.165, 1.54) is 14.0 Å². The van der Waals surface area contributed by atoms with E-state index in [9.17, 15) is 14.7 Å². The lowest BCUT2D eigenvalue weighted by atomic mass is 9.90. The minimum absolute atomic E-state index is 0.103. The fourth-order valence-corrected chi connectivity index (χ4v) is 1.32. The minimum Gasteiger partial charge on any atom is -0.469 e. The van der Waals surface area contributed by atoms with Crippen molar-refractivity contribution in [2.75, 3.05) is 13.7 Å². The number of hydrogen-bond acceptors (Lipinski definition) is 5. The van der Waals surface area contributed by atoms with E-state index in [0.717, 1.165) is 0 Å². The van der Waals surface area contributed by atoms with Gasteiger partial charge in [-0.05, 0) is 25.7 Å². The lowest BCUT2D eigenvalue weighted by Gasteiger charge is -2.25. The number of carbonyl (C=O) groups is 2. The molecule has 0 aliphatic carbocycles. The fraction of sp³-hybridized carbons (Fsp3) is 0.833. The number of ether oxygens (including phenoxy) is 2. The summed E-state index contributed by atoms with van der Waals surface area (Å²) in [5, 5.41) is 10.2. The summed E-state index contributed by atoms with van der Waals surface area (Å²) in [5.74, 6) is -1.36. The van der Waals surface area contributed by atoms with Gasteiger partial charge < -0.3 is 14.6 Å². The molecule has 5 heteroatoms. The molecule has 0 amide bonds. The molecule has 1 N–H and O–H groups in total. The van der Waals surface area contributed by atoms with Crippen LogP contribution in [0.25, 0.3) is 0 Å². The van der Waals surface area contributed by atoms with Crippen molar-refractivity contribution in [1.82, 2.24) is 0 Å². The zero-order valence-corrected chi connectivity index (χ0v) is 10.9. The molecule has 0 radical (unpaired) electrons. The molecule has 0 saturated heterocycles. The van der Waals surface area contributed by atoms with Gasteiger partial charge >= 0.3 is 11.9 Å². The van der Waals surface area contributed by atoms with Crippen molar-refractivity contribution in [3.8, 4) is 0 Å². The molecular weight excluding hydrogens is 224 g/mol. The van der Waals surface area contributed by atoms with Gasteiger partial charge in [0.15, 0.2) is 5.60 Å². The van der Waals surface area contributed by atoms with Gasteiger partial charge in [-0.25, -0.2) is 4.79 Å². The first-order valence-electron chi connectivity index (χ1n) is 6.21. The standard InChI is InChI=1S/C12H22O5/c1-5-17-11(14)12(15,7-6-9(2)3)8-10(13)16-4/h9,15H,5-8H2,1-4H3/i5T. The normalized spacial score (nSPS) is 16.9. The summed E-state index contributed by atoms with van der Waals surface area (Å²) < 4.78 is 16.3. The van der Waals surface area contributed by atoms with Crippen molar-refractivity contribution < 1.29 is 25.5 Å². The molecule has 0 heterocycles. The smallest absolute Gasteiger partial charge is 0.338 e. The van der Waals surface area contributed by atoms with Crippen LogP contribution in [0.4, 0.5) is 0 Å². The van der Waals surface area contributed by atoms with Gasteiger partial charge in [0.05, 0.1) is 21.5 Å². The van der Waals surface area contributed by atoms with Gasteiger partial charge in [0.2, 0.25) is 0 Å². The molecule has 0 aliphatic rings. The highest BCUT2D eigenvalue weighted by atomic mass is 16.6. The number of hydrogen-bond donors (Lipinski definition) is 1. The average molecular weight is 248 g/mol. The molecule has 0 rings (SSSR count). The summed E-state index contributed by atoms with van der Waals surface area (Å²) in [6, 6.07) is 0. The van der Waals surface area contributed by atoms with Crippen molar-refractivity contribution in [3.05, 3.63) is 0 Å². The summed E-state index contributed by atoms with van der Waals surface area (Å²) >= 11 is 0. The maximum Gasteiger partial charge on any atom is 0.338 e. The number of methoxy groups -OCH3 is 1. The molecule has 17 heavy (non-hydrogen) atoms. The van der Waals surface area contributed by atoms with E-state index in [-0.39, 0.29) is 12.3 Å².